The predicted molar refractivity (Wildman–Crippen MR) is 104 cm³/mol. The van der Waals surface area contributed by atoms with Crippen LogP contribution in [0.25, 0.3) is 0 Å². The third kappa shape index (κ3) is 4.90. The van der Waals surface area contributed by atoms with Gasteiger partial charge < -0.3 is 20.0 Å². The van der Waals surface area contributed by atoms with E-state index in [-0.39, 0.29) is 11.8 Å². The van der Waals surface area contributed by atoms with E-state index < -0.39 is 0 Å². The Morgan fingerprint density at radius 3 is 2.12 bits per heavy atom. The fourth-order valence-electron chi connectivity index (χ4n) is 3.68. The smallest absolute Gasteiger partial charge is 0.224 e. The summed E-state index contributed by atoms with van der Waals surface area (Å²) < 4.78 is 0. The highest BCUT2D eigenvalue weighted by atomic mass is 16.2. The number of piperidine rings is 1. The number of carbonyl (C=O) groups excluding carboxylic acids is 2. The van der Waals surface area contributed by atoms with Crippen molar-refractivity contribution in [3.63, 3.8) is 0 Å². The predicted octanol–water partition coefficient (Wildman–Crippen LogP) is 2.17. The summed E-state index contributed by atoms with van der Waals surface area (Å²) in [5, 5.41) is 3.34. The zero-order valence-corrected chi connectivity index (χ0v) is 15.7. The molecule has 2 heterocycles. The van der Waals surface area contributed by atoms with Gasteiger partial charge in [-0.1, -0.05) is 0 Å². The maximum atomic E-state index is 12.3. The first-order valence-electron chi connectivity index (χ1n) is 9.75. The van der Waals surface area contributed by atoms with Crippen molar-refractivity contribution in [3.05, 3.63) is 24.3 Å². The molecule has 2 aliphatic rings. The number of hydrogen-bond donors (Lipinski definition) is 1. The fraction of sp³-hybridized carbons (Fsp3) is 0.600. The van der Waals surface area contributed by atoms with E-state index in [1.807, 2.05) is 4.90 Å². The van der Waals surface area contributed by atoms with Crippen LogP contribution in [0.1, 0.15) is 32.6 Å². The Labute approximate surface area is 156 Å². The lowest BCUT2D eigenvalue weighted by Crippen LogP contribution is -2.50. The van der Waals surface area contributed by atoms with Crippen molar-refractivity contribution >= 4 is 23.2 Å². The van der Waals surface area contributed by atoms with Crippen molar-refractivity contribution in [1.82, 2.24) is 9.80 Å². The molecule has 1 aromatic carbocycles. The number of amides is 2. The number of benzene rings is 1. The van der Waals surface area contributed by atoms with Gasteiger partial charge in [0.15, 0.2) is 0 Å². The van der Waals surface area contributed by atoms with Gasteiger partial charge in [0.1, 0.15) is 0 Å². The van der Waals surface area contributed by atoms with E-state index in [4.69, 9.17) is 0 Å². The lowest BCUT2D eigenvalue weighted by molar-refractivity contribution is -0.138. The van der Waals surface area contributed by atoms with Gasteiger partial charge >= 0.3 is 0 Å². The topological polar surface area (TPSA) is 55.9 Å². The molecule has 0 atom stereocenters. The standard InChI is InChI=1S/C20H30N4O2/c1-17(25)22-13-15-24(16-14-22)20(26)9-10-21-18-5-7-19(8-6-18)23-11-3-2-4-12-23/h5-8,21H,2-4,9-16H2,1H3. The average molecular weight is 358 g/mol. The number of rotatable bonds is 5. The minimum atomic E-state index is 0.0896. The normalized spacial score (nSPS) is 18.0. The zero-order valence-electron chi connectivity index (χ0n) is 15.7. The molecule has 1 N–H and O–H groups in total. The Morgan fingerprint density at radius 1 is 0.885 bits per heavy atom. The summed E-state index contributed by atoms with van der Waals surface area (Å²) in [7, 11) is 0. The maximum absolute atomic E-state index is 12.3. The summed E-state index contributed by atoms with van der Waals surface area (Å²) in [5.74, 6) is 0.248. The molecule has 142 valence electrons. The second-order valence-corrected chi connectivity index (χ2v) is 7.16. The highest BCUT2D eigenvalue weighted by molar-refractivity contribution is 5.78. The molecule has 6 nitrogen and oxygen atoms in total. The number of nitrogens with zero attached hydrogens (tertiary/aromatic N) is 3. The van der Waals surface area contributed by atoms with Crippen LogP contribution in [0.2, 0.25) is 0 Å². The molecule has 6 heteroatoms. The largest absolute Gasteiger partial charge is 0.385 e. The van der Waals surface area contributed by atoms with Gasteiger partial charge in [0, 0.05) is 70.5 Å². The summed E-state index contributed by atoms with van der Waals surface area (Å²) in [4.78, 5) is 29.7. The minimum Gasteiger partial charge on any atom is -0.385 e. The first-order chi connectivity index (χ1) is 12.6. The van der Waals surface area contributed by atoms with E-state index in [1.54, 1.807) is 11.8 Å². The molecule has 0 radical (unpaired) electrons. The van der Waals surface area contributed by atoms with Crippen LogP contribution >= 0.6 is 0 Å². The summed E-state index contributed by atoms with van der Waals surface area (Å²) in [6.07, 6.45) is 4.38. The third-order valence-corrected chi connectivity index (χ3v) is 5.33. The molecule has 2 amide bonds. The highest BCUT2D eigenvalue weighted by Gasteiger charge is 2.21. The third-order valence-electron chi connectivity index (χ3n) is 5.33. The van der Waals surface area contributed by atoms with Gasteiger partial charge in [0.25, 0.3) is 0 Å². The summed E-state index contributed by atoms with van der Waals surface area (Å²) in [6.45, 7) is 7.09. The highest BCUT2D eigenvalue weighted by Crippen LogP contribution is 2.21. The van der Waals surface area contributed by atoms with Gasteiger partial charge in [-0.3, -0.25) is 9.59 Å². The van der Waals surface area contributed by atoms with Crippen molar-refractivity contribution in [1.29, 1.82) is 0 Å². The van der Waals surface area contributed by atoms with Crippen LogP contribution in [0.3, 0.4) is 0 Å². The van der Waals surface area contributed by atoms with E-state index in [2.05, 4.69) is 34.5 Å². The molecule has 0 saturated carbocycles. The second kappa shape index (κ2) is 8.92. The van der Waals surface area contributed by atoms with Gasteiger partial charge in [0.2, 0.25) is 11.8 Å². The number of anilines is 2. The molecule has 2 fully saturated rings. The quantitative estimate of drug-likeness (QED) is 0.876. The minimum absolute atomic E-state index is 0.0896. The van der Waals surface area contributed by atoms with Crippen LogP contribution in [-0.2, 0) is 9.59 Å². The lowest BCUT2D eigenvalue weighted by Gasteiger charge is -2.34. The number of piperazine rings is 1. The first-order valence-corrected chi connectivity index (χ1v) is 9.75. The molecule has 3 rings (SSSR count). The van der Waals surface area contributed by atoms with E-state index in [0.717, 1.165) is 18.8 Å². The van der Waals surface area contributed by atoms with Crippen molar-refractivity contribution < 1.29 is 9.59 Å². The second-order valence-electron chi connectivity index (χ2n) is 7.16. The number of hydrogen-bond acceptors (Lipinski definition) is 4. The molecule has 0 aromatic heterocycles. The van der Waals surface area contributed by atoms with Crippen LogP contribution in [0.15, 0.2) is 24.3 Å². The zero-order chi connectivity index (χ0) is 18.4. The molecular weight excluding hydrogens is 328 g/mol. The Balaban J connectivity index is 1.39. The fourth-order valence-corrected chi connectivity index (χ4v) is 3.68. The van der Waals surface area contributed by atoms with Crippen molar-refractivity contribution in [2.45, 2.75) is 32.6 Å². The van der Waals surface area contributed by atoms with Gasteiger partial charge in [-0.25, -0.2) is 0 Å². The molecular formula is C20H30N4O2. The molecule has 0 unspecified atom stereocenters. The van der Waals surface area contributed by atoms with Gasteiger partial charge in [0.05, 0.1) is 0 Å². The van der Waals surface area contributed by atoms with Gasteiger partial charge in [-0.15, -0.1) is 0 Å². The molecule has 0 spiro atoms. The summed E-state index contributed by atoms with van der Waals surface area (Å²) >= 11 is 0. The van der Waals surface area contributed by atoms with Crippen molar-refractivity contribution in [2.24, 2.45) is 0 Å². The van der Waals surface area contributed by atoms with E-state index >= 15 is 0 Å². The molecule has 1 aromatic rings. The number of nitrogens with one attached hydrogen (secondary N) is 1. The van der Waals surface area contributed by atoms with Crippen LogP contribution in [-0.4, -0.2) is 67.4 Å². The van der Waals surface area contributed by atoms with Crippen LogP contribution < -0.4 is 10.2 Å². The Hall–Kier alpha value is -2.24. The Morgan fingerprint density at radius 2 is 1.50 bits per heavy atom. The van der Waals surface area contributed by atoms with E-state index in [9.17, 15) is 9.59 Å². The van der Waals surface area contributed by atoms with E-state index in [1.165, 1.54) is 24.9 Å². The maximum Gasteiger partial charge on any atom is 0.224 e. The average Bonchev–Trinajstić information content (AvgIpc) is 2.69. The van der Waals surface area contributed by atoms with Crippen LogP contribution in [0.5, 0.6) is 0 Å². The van der Waals surface area contributed by atoms with Crippen LogP contribution in [0, 0.1) is 0 Å². The van der Waals surface area contributed by atoms with E-state index in [0.29, 0.717) is 39.1 Å². The molecule has 2 aliphatic heterocycles. The Bertz CT molecular complexity index is 603. The molecule has 0 bridgehead atoms. The van der Waals surface area contributed by atoms with Gasteiger partial charge in [-0.05, 0) is 43.5 Å². The van der Waals surface area contributed by atoms with Crippen molar-refractivity contribution in [2.75, 3.05) is 56.0 Å². The van der Waals surface area contributed by atoms with Crippen molar-refractivity contribution in [3.8, 4) is 0 Å². The summed E-state index contributed by atoms with van der Waals surface area (Å²) in [5.41, 5.74) is 2.34. The molecule has 2 saturated heterocycles. The summed E-state index contributed by atoms with van der Waals surface area (Å²) in [6, 6.07) is 8.52. The first kappa shape index (κ1) is 18.5. The molecule has 0 aliphatic carbocycles. The SMILES string of the molecule is CC(=O)N1CCN(C(=O)CCNc2ccc(N3CCCCC3)cc2)CC1. The van der Waals surface area contributed by atoms with Gasteiger partial charge in [-0.2, -0.15) is 0 Å². The monoisotopic (exact) mass is 358 g/mol. The van der Waals surface area contributed by atoms with Crippen LogP contribution in [0.4, 0.5) is 11.4 Å². The lowest BCUT2D eigenvalue weighted by atomic mass is 10.1. The Kier molecular flexibility index (Phi) is 6.36. The molecule has 26 heavy (non-hydrogen) atoms. The number of carbonyl (C=O) groups is 2.